The van der Waals surface area contributed by atoms with Gasteiger partial charge >= 0.3 is 11.9 Å². The predicted octanol–water partition coefficient (Wildman–Crippen LogP) is 3.71. The van der Waals surface area contributed by atoms with Gasteiger partial charge in [-0.1, -0.05) is 29.8 Å². The molecule has 0 saturated heterocycles. The third kappa shape index (κ3) is 7.15. The Morgan fingerprint density at radius 3 is 2.18 bits per heavy atom. The van der Waals surface area contributed by atoms with Crippen LogP contribution in [0, 0.1) is 0 Å². The van der Waals surface area contributed by atoms with E-state index >= 15 is 0 Å². The van der Waals surface area contributed by atoms with Gasteiger partial charge in [-0.15, -0.1) is 0 Å². The van der Waals surface area contributed by atoms with Crippen LogP contribution in [0.5, 0.6) is 11.5 Å². The highest BCUT2D eigenvalue weighted by Crippen LogP contribution is 2.29. The fraction of sp³-hybridized carbons (Fsp3) is 0.158. The predicted molar refractivity (Wildman–Crippen MR) is 103 cm³/mol. The van der Waals surface area contributed by atoms with Crippen molar-refractivity contribution in [1.82, 2.24) is 0 Å². The second-order valence-corrected chi connectivity index (χ2v) is 7.51. The van der Waals surface area contributed by atoms with Crippen molar-refractivity contribution in [2.24, 2.45) is 0 Å². The first-order chi connectivity index (χ1) is 13.1. The summed E-state index contributed by atoms with van der Waals surface area (Å²) >= 11 is 5.77. The van der Waals surface area contributed by atoms with Crippen molar-refractivity contribution in [2.45, 2.75) is 20.5 Å². The summed E-state index contributed by atoms with van der Waals surface area (Å²) in [6.07, 6.45) is 1.27. The second kappa shape index (κ2) is 9.50. The summed E-state index contributed by atoms with van der Waals surface area (Å²) in [7, 11) is -3.96. The fourth-order valence-corrected chi connectivity index (χ4v) is 2.86. The van der Waals surface area contributed by atoms with Crippen LogP contribution in [0.4, 0.5) is 0 Å². The summed E-state index contributed by atoms with van der Waals surface area (Å²) in [4.78, 5) is 22.3. The summed E-state index contributed by atoms with van der Waals surface area (Å²) in [5.74, 6) is -1.17. The molecule has 2 rings (SSSR count). The third-order valence-electron chi connectivity index (χ3n) is 3.21. The molecule has 0 unspecified atom stereocenters. The van der Waals surface area contributed by atoms with E-state index in [1.807, 2.05) is 0 Å². The van der Waals surface area contributed by atoms with E-state index < -0.39 is 22.1 Å². The highest BCUT2D eigenvalue weighted by atomic mass is 35.5. The van der Waals surface area contributed by atoms with Crippen LogP contribution in [-0.2, 0) is 30.5 Å². The maximum Gasteiger partial charge on any atom is 0.308 e. The highest BCUT2D eigenvalue weighted by Gasteiger charge is 2.12. The van der Waals surface area contributed by atoms with Crippen LogP contribution >= 0.6 is 11.6 Å². The molecule has 0 spiro atoms. The summed E-state index contributed by atoms with van der Waals surface area (Å²) in [6, 6.07) is 10.8. The molecule has 0 radical (unpaired) electrons. The van der Waals surface area contributed by atoms with E-state index in [1.165, 1.54) is 38.1 Å². The van der Waals surface area contributed by atoms with E-state index in [-0.39, 0.29) is 18.1 Å². The average Bonchev–Trinajstić information content (AvgIpc) is 2.61. The Balaban J connectivity index is 2.13. The molecule has 148 valence electrons. The minimum atomic E-state index is -3.96. The van der Waals surface area contributed by atoms with Gasteiger partial charge in [-0.3, -0.25) is 13.8 Å². The summed E-state index contributed by atoms with van der Waals surface area (Å²) < 4.78 is 38.9. The highest BCUT2D eigenvalue weighted by molar-refractivity contribution is 7.89. The number of esters is 2. The van der Waals surface area contributed by atoms with Gasteiger partial charge < -0.3 is 9.47 Å². The number of halogens is 1. The first kappa shape index (κ1) is 21.6. The molecule has 0 saturated carbocycles. The van der Waals surface area contributed by atoms with E-state index in [0.717, 1.165) is 5.41 Å². The monoisotopic (exact) mass is 424 g/mol. The van der Waals surface area contributed by atoms with Crippen molar-refractivity contribution in [3.63, 3.8) is 0 Å². The molecule has 0 N–H and O–H groups in total. The summed E-state index contributed by atoms with van der Waals surface area (Å²) in [6.45, 7) is 2.25. The lowest BCUT2D eigenvalue weighted by Crippen LogP contribution is -2.07. The Hall–Kier alpha value is -2.68. The summed E-state index contributed by atoms with van der Waals surface area (Å²) in [5, 5.41) is 1.41. The van der Waals surface area contributed by atoms with Crippen LogP contribution in [0.25, 0.3) is 6.08 Å². The molecule has 7 nitrogen and oxygen atoms in total. The molecule has 2 aromatic carbocycles. The first-order valence-electron chi connectivity index (χ1n) is 7.97. The van der Waals surface area contributed by atoms with Crippen LogP contribution in [0.1, 0.15) is 25.0 Å². The minimum absolute atomic E-state index is 0.00988. The van der Waals surface area contributed by atoms with E-state index in [9.17, 15) is 18.0 Å². The lowest BCUT2D eigenvalue weighted by atomic mass is 10.2. The molecule has 0 aromatic heterocycles. The van der Waals surface area contributed by atoms with Gasteiger partial charge in [-0.05, 0) is 41.5 Å². The molecule has 9 heteroatoms. The molecular formula is C19H17ClO7S. The van der Waals surface area contributed by atoms with Gasteiger partial charge in [0.05, 0.1) is 12.0 Å². The van der Waals surface area contributed by atoms with E-state index in [4.69, 9.17) is 25.3 Å². The fourth-order valence-electron chi connectivity index (χ4n) is 2.03. The van der Waals surface area contributed by atoms with E-state index in [0.29, 0.717) is 16.1 Å². The maximum atomic E-state index is 12.0. The third-order valence-corrected chi connectivity index (χ3v) is 4.37. The van der Waals surface area contributed by atoms with Crippen molar-refractivity contribution >= 4 is 39.7 Å². The molecule has 0 atom stereocenters. The number of hydrogen-bond acceptors (Lipinski definition) is 7. The molecular weight excluding hydrogens is 408 g/mol. The SMILES string of the molecule is CC(=O)Oc1ccc(/C=C/S(=O)(=O)OCc2ccc(Cl)cc2)cc1OC(C)=O. The Bertz CT molecular complexity index is 995. The van der Waals surface area contributed by atoms with Crippen LogP contribution in [0.2, 0.25) is 5.02 Å². The van der Waals surface area contributed by atoms with Gasteiger partial charge in [-0.2, -0.15) is 8.42 Å². The number of ether oxygens (including phenoxy) is 2. The van der Waals surface area contributed by atoms with Crippen LogP contribution in [0.3, 0.4) is 0 Å². The number of hydrogen-bond donors (Lipinski definition) is 0. The molecule has 28 heavy (non-hydrogen) atoms. The molecule has 0 fully saturated rings. The largest absolute Gasteiger partial charge is 0.423 e. The van der Waals surface area contributed by atoms with E-state index in [2.05, 4.69) is 0 Å². The zero-order chi connectivity index (χ0) is 20.7. The lowest BCUT2D eigenvalue weighted by Gasteiger charge is -2.09. The molecule has 0 bridgehead atoms. The molecule has 0 aliphatic carbocycles. The summed E-state index contributed by atoms with van der Waals surface area (Å²) in [5.41, 5.74) is 1.04. The Kier molecular flexibility index (Phi) is 7.33. The van der Waals surface area contributed by atoms with Crippen molar-refractivity contribution in [1.29, 1.82) is 0 Å². The zero-order valence-corrected chi connectivity index (χ0v) is 16.6. The maximum absolute atomic E-state index is 12.0. The molecule has 2 aromatic rings. The quantitative estimate of drug-likeness (QED) is 0.379. The molecule has 0 heterocycles. The average molecular weight is 425 g/mol. The first-order valence-corrected chi connectivity index (χ1v) is 9.82. The van der Waals surface area contributed by atoms with Gasteiger partial charge in [0.25, 0.3) is 10.1 Å². The van der Waals surface area contributed by atoms with Crippen LogP contribution in [-0.4, -0.2) is 20.4 Å². The van der Waals surface area contributed by atoms with Crippen LogP contribution < -0.4 is 9.47 Å². The van der Waals surface area contributed by atoms with Crippen LogP contribution in [0.15, 0.2) is 47.9 Å². The minimum Gasteiger partial charge on any atom is -0.423 e. The molecule has 0 aliphatic rings. The van der Waals surface area contributed by atoms with Crippen molar-refractivity contribution in [3.8, 4) is 11.5 Å². The van der Waals surface area contributed by atoms with Gasteiger partial charge in [0.1, 0.15) is 0 Å². The van der Waals surface area contributed by atoms with Gasteiger partial charge in [0.2, 0.25) is 0 Å². The number of rotatable bonds is 7. The Morgan fingerprint density at radius 1 is 0.964 bits per heavy atom. The Labute approximate surface area is 167 Å². The van der Waals surface area contributed by atoms with Crippen molar-refractivity contribution in [2.75, 3.05) is 0 Å². The van der Waals surface area contributed by atoms with Crippen molar-refractivity contribution < 1.29 is 31.7 Å². The van der Waals surface area contributed by atoms with Gasteiger partial charge in [-0.25, -0.2) is 0 Å². The van der Waals surface area contributed by atoms with Gasteiger partial charge in [0.15, 0.2) is 11.5 Å². The van der Waals surface area contributed by atoms with Crippen molar-refractivity contribution in [3.05, 3.63) is 64.0 Å². The molecule has 0 amide bonds. The number of carbonyl (C=O) groups excluding carboxylic acids is 2. The normalized spacial score (nSPS) is 11.4. The van der Waals surface area contributed by atoms with E-state index in [1.54, 1.807) is 24.3 Å². The standard InChI is InChI=1S/C19H17ClO7S/c1-13(21)26-18-8-5-15(11-19(18)27-14(2)22)9-10-28(23,24)25-12-16-3-6-17(20)7-4-16/h3-11H,12H2,1-2H3/b10-9+. The van der Waals surface area contributed by atoms with Gasteiger partial charge in [0, 0.05) is 18.9 Å². The second-order valence-electron chi connectivity index (χ2n) is 5.58. The lowest BCUT2D eigenvalue weighted by molar-refractivity contribution is -0.134. The molecule has 0 aliphatic heterocycles. The number of carbonyl (C=O) groups is 2. The topological polar surface area (TPSA) is 96.0 Å². The number of benzene rings is 2. The smallest absolute Gasteiger partial charge is 0.308 e. The Morgan fingerprint density at radius 2 is 1.57 bits per heavy atom. The zero-order valence-electron chi connectivity index (χ0n) is 15.0.